The van der Waals surface area contributed by atoms with Crippen LogP contribution in [0.3, 0.4) is 0 Å². The lowest BCUT2D eigenvalue weighted by Gasteiger charge is -2.19. The molecule has 1 aliphatic rings. The minimum Gasteiger partial charge on any atom is -0.384 e. The van der Waals surface area contributed by atoms with Gasteiger partial charge in [-0.25, -0.2) is 43.3 Å². The van der Waals surface area contributed by atoms with Gasteiger partial charge in [0.25, 0.3) is 5.56 Å². The molecule has 1 saturated carbocycles. The average molecular weight is 594 g/mol. The van der Waals surface area contributed by atoms with Gasteiger partial charge < -0.3 is 10.1 Å². The molecule has 0 unspecified atom stereocenters. The SMILES string of the molecule is CC[C@H](C)n1c(=O)c(NCc2ncc(S(=O)(=O)CC)cn2)nc2c(C)nc(-c3c(CCOC)ncnc3C3CC3)nc21. The van der Waals surface area contributed by atoms with Gasteiger partial charge in [0.2, 0.25) is 0 Å². The Labute approximate surface area is 244 Å². The van der Waals surface area contributed by atoms with Crippen molar-refractivity contribution in [3.05, 3.63) is 52.0 Å². The van der Waals surface area contributed by atoms with Crippen molar-refractivity contribution in [1.82, 2.24) is 39.5 Å². The highest BCUT2D eigenvalue weighted by molar-refractivity contribution is 7.91. The van der Waals surface area contributed by atoms with E-state index in [4.69, 9.17) is 14.7 Å². The predicted molar refractivity (Wildman–Crippen MR) is 157 cm³/mol. The summed E-state index contributed by atoms with van der Waals surface area (Å²) in [4.78, 5) is 45.7. The van der Waals surface area contributed by atoms with Crippen LogP contribution in [-0.4, -0.2) is 67.3 Å². The number of hydrogen-bond donors (Lipinski definition) is 1. The number of sulfone groups is 1. The third kappa shape index (κ3) is 5.86. The van der Waals surface area contributed by atoms with E-state index in [9.17, 15) is 13.2 Å². The van der Waals surface area contributed by atoms with Gasteiger partial charge in [0.05, 0.1) is 41.5 Å². The molecule has 222 valence electrons. The van der Waals surface area contributed by atoms with E-state index in [2.05, 4.69) is 30.2 Å². The number of ether oxygens (including phenoxy) is 1. The van der Waals surface area contributed by atoms with Gasteiger partial charge in [0, 0.05) is 37.9 Å². The third-order valence-electron chi connectivity index (χ3n) is 7.47. The van der Waals surface area contributed by atoms with Gasteiger partial charge in [-0.1, -0.05) is 13.8 Å². The molecule has 1 fully saturated rings. The van der Waals surface area contributed by atoms with Crippen molar-refractivity contribution in [3.63, 3.8) is 0 Å². The molecule has 14 heteroatoms. The molecule has 0 amide bonds. The molecular weight excluding hydrogens is 558 g/mol. The van der Waals surface area contributed by atoms with Crippen molar-refractivity contribution in [2.24, 2.45) is 0 Å². The fourth-order valence-corrected chi connectivity index (χ4v) is 5.46. The largest absolute Gasteiger partial charge is 0.384 e. The number of aromatic nitrogens is 8. The number of nitrogens with zero attached hydrogens (tertiary/aromatic N) is 8. The maximum absolute atomic E-state index is 13.8. The van der Waals surface area contributed by atoms with Gasteiger partial charge >= 0.3 is 0 Å². The van der Waals surface area contributed by atoms with Gasteiger partial charge in [-0.3, -0.25) is 9.36 Å². The molecule has 5 rings (SSSR count). The number of aryl methyl sites for hydroxylation is 1. The summed E-state index contributed by atoms with van der Waals surface area (Å²) in [6, 6.07) is -0.177. The number of rotatable bonds is 12. The van der Waals surface area contributed by atoms with E-state index in [0.29, 0.717) is 53.9 Å². The van der Waals surface area contributed by atoms with Gasteiger partial charge in [-0.2, -0.15) is 0 Å². The van der Waals surface area contributed by atoms with Crippen LogP contribution in [0.25, 0.3) is 22.6 Å². The lowest BCUT2D eigenvalue weighted by Crippen LogP contribution is -2.29. The molecule has 1 aliphatic carbocycles. The van der Waals surface area contributed by atoms with E-state index in [1.54, 1.807) is 24.9 Å². The third-order valence-corrected chi connectivity index (χ3v) is 9.15. The molecule has 1 N–H and O–H groups in total. The van der Waals surface area contributed by atoms with E-state index in [1.807, 2.05) is 20.8 Å². The molecule has 0 aromatic carbocycles. The van der Waals surface area contributed by atoms with Crippen LogP contribution in [0.5, 0.6) is 0 Å². The van der Waals surface area contributed by atoms with Crippen LogP contribution in [0.2, 0.25) is 0 Å². The standard InChI is InChI=1S/C28H35N9O4S/c1-6-16(3)37-27-23(35-26(28(37)38)31-14-21-29-12-19(13-30-21)42(39,40)7-2)17(4)34-25(36-27)22-20(10-11-41-5)32-15-33-24(22)18-8-9-18/h12-13,15-16,18H,6-11,14H2,1-5H3,(H,31,35)/t16-/m0/s1. The Hall–Kier alpha value is -3.91. The van der Waals surface area contributed by atoms with E-state index < -0.39 is 9.84 Å². The molecule has 4 aromatic rings. The fourth-order valence-electron chi connectivity index (χ4n) is 4.70. The monoisotopic (exact) mass is 593 g/mol. The first-order valence-corrected chi connectivity index (χ1v) is 15.7. The van der Waals surface area contributed by atoms with Crippen LogP contribution < -0.4 is 10.9 Å². The fraction of sp³-hybridized carbons (Fsp3) is 0.500. The van der Waals surface area contributed by atoms with Crippen LogP contribution in [0, 0.1) is 6.92 Å². The van der Waals surface area contributed by atoms with Crippen LogP contribution in [0.15, 0.2) is 28.4 Å². The van der Waals surface area contributed by atoms with Crippen LogP contribution in [0.4, 0.5) is 5.82 Å². The normalized spacial score (nSPS) is 14.3. The highest BCUT2D eigenvalue weighted by Crippen LogP contribution is 2.43. The highest BCUT2D eigenvalue weighted by atomic mass is 32.2. The Morgan fingerprint density at radius 3 is 2.48 bits per heavy atom. The van der Waals surface area contributed by atoms with Crippen molar-refractivity contribution >= 4 is 26.8 Å². The zero-order valence-corrected chi connectivity index (χ0v) is 25.3. The van der Waals surface area contributed by atoms with Gasteiger partial charge in [-0.05, 0) is 33.1 Å². The van der Waals surface area contributed by atoms with Crippen molar-refractivity contribution in [3.8, 4) is 11.4 Å². The van der Waals surface area contributed by atoms with Crippen LogP contribution >= 0.6 is 0 Å². The van der Waals surface area contributed by atoms with Crippen molar-refractivity contribution < 1.29 is 13.2 Å². The first-order chi connectivity index (χ1) is 20.2. The second-order valence-electron chi connectivity index (χ2n) is 10.4. The first-order valence-electron chi connectivity index (χ1n) is 14.1. The van der Waals surface area contributed by atoms with Crippen LogP contribution in [-0.2, 0) is 27.5 Å². The molecule has 13 nitrogen and oxygen atoms in total. The molecule has 4 heterocycles. The molecule has 0 bridgehead atoms. The molecule has 1 atom stereocenters. The maximum atomic E-state index is 13.8. The molecule has 0 spiro atoms. The smallest absolute Gasteiger partial charge is 0.295 e. The lowest BCUT2D eigenvalue weighted by molar-refractivity contribution is 0.201. The first kappa shape index (κ1) is 29.6. The van der Waals surface area contributed by atoms with Gasteiger partial charge in [0.1, 0.15) is 22.6 Å². The molecule has 4 aromatic heterocycles. The quantitative estimate of drug-likeness (QED) is 0.255. The molecule has 0 saturated heterocycles. The molecule has 42 heavy (non-hydrogen) atoms. The minimum atomic E-state index is -3.41. The van der Waals surface area contributed by atoms with Gasteiger partial charge in [0.15, 0.2) is 27.1 Å². The van der Waals surface area contributed by atoms with Gasteiger partial charge in [-0.15, -0.1) is 0 Å². The number of hydrogen-bond acceptors (Lipinski definition) is 12. The number of anilines is 1. The van der Waals surface area contributed by atoms with Crippen molar-refractivity contribution in [2.45, 2.75) is 76.8 Å². The summed E-state index contributed by atoms with van der Waals surface area (Å²) in [5.41, 5.74) is 3.76. The second kappa shape index (κ2) is 12.1. The Kier molecular flexibility index (Phi) is 8.55. The molecule has 0 radical (unpaired) electrons. The summed E-state index contributed by atoms with van der Waals surface area (Å²) in [5, 5.41) is 3.04. The van der Waals surface area contributed by atoms with E-state index in [0.717, 1.165) is 29.8 Å². The Bertz CT molecular complexity index is 1770. The minimum absolute atomic E-state index is 0.0408. The molecule has 0 aliphatic heterocycles. The summed E-state index contributed by atoms with van der Waals surface area (Å²) in [5.74, 6) is 1.21. The Balaban J connectivity index is 1.58. The summed E-state index contributed by atoms with van der Waals surface area (Å²) < 4.78 is 31.1. The Morgan fingerprint density at radius 2 is 1.83 bits per heavy atom. The lowest BCUT2D eigenvalue weighted by atomic mass is 10.0. The summed E-state index contributed by atoms with van der Waals surface area (Å²) in [7, 11) is -1.76. The summed E-state index contributed by atoms with van der Waals surface area (Å²) in [6.45, 7) is 7.95. The van der Waals surface area contributed by atoms with E-state index >= 15 is 0 Å². The predicted octanol–water partition coefficient (Wildman–Crippen LogP) is 3.18. The Morgan fingerprint density at radius 1 is 1.10 bits per heavy atom. The van der Waals surface area contributed by atoms with E-state index in [-0.39, 0.29) is 34.6 Å². The zero-order valence-electron chi connectivity index (χ0n) is 24.5. The number of methoxy groups -OCH3 is 1. The topological polar surface area (TPSA) is 168 Å². The molecular formula is C28H35N9O4S. The number of fused-ring (bicyclic) bond motifs is 1. The second-order valence-corrected chi connectivity index (χ2v) is 12.7. The maximum Gasteiger partial charge on any atom is 0.295 e. The summed E-state index contributed by atoms with van der Waals surface area (Å²) >= 11 is 0. The number of nitrogens with one attached hydrogen (secondary N) is 1. The van der Waals surface area contributed by atoms with Crippen molar-refractivity contribution in [1.29, 1.82) is 0 Å². The average Bonchev–Trinajstić information content (AvgIpc) is 3.84. The zero-order chi connectivity index (χ0) is 30.0. The van der Waals surface area contributed by atoms with Crippen LogP contribution in [0.1, 0.15) is 74.9 Å². The highest BCUT2D eigenvalue weighted by Gasteiger charge is 2.31. The summed E-state index contributed by atoms with van der Waals surface area (Å²) in [6.07, 6.45) is 7.51. The van der Waals surface area contributed by atoms with Crippen molar-refractivity contribution in [2.75, 3.05) is 24.8 Å². The van der Waals surface area contributed by atoms with E-state index in [1.165, 1.54) is 12.4 Å².